The highest BCUT2D eigenvalue weighted by Crippen LogP contribution is 2.24. The van der Waals surface area contributed by atoms with Crippen molar-refractivity contribution in [3.63, 3.8) is 0 Å². The molecule has 0 spiro atoms. The van der Waals surface area contributed by atoms with Crippen molar-refractivity contribution in [3.8, 4) is 0 Å². The van der Waals surface area contributed by atoms with E-state index in [-0.39, 0.29) is 18.5 Å². The molecule has 17 heavy (non-hydrogen) atoms. The quantitative estimate of drug-likeness (QED) is 0.726. The second-order valence-corrected chi connectivity index (χ2v) is 5.76. The minimum absolute atomic E-state index is 0.183. The van der Waals surface area contributed by atoms with Crippen molar-refractivity contribution >= 4 is 16.3 Å². The molecule has 0 bridgehead atoms. The van der Waals surface area contributed by atoms with Gasteiger partial charge in [-0.2, -0.15) is 12.7 Å². The topological polar surface area (TPSA) is 102 Å². The van der Waals surface area contributed by atoms with E-state index in [4.69, 9.17) is 5.73 Å². The largest absolute Gasteiger partial charge is 0.452 e. The van der Waals surface area contributed by atoms with Gasteiger partial charge in [0.25, 0.3) is 0 Å². The molecule has 0 aromatic heterocycles. The van der Waals surface area contributed by atoms with E-state index in [1.54, 1.807) is 0 Å². The summed E-state index contributed by atoms with van der Waals surface area (Å²) in [5.74, 6) is 0.183. The lowest BCUT2D eigenvalue weighted by Gasteiger charge is -2.37. The van der Waals surface area contributed by atoms with Gasteiger partial charge in [0.1, 0.15) is 0 Å². The van der Waals surface area contributed by atoms with E-state index in [2.05, 4.69) is 4.74 Å². The number of methoxy groups -OCH3 is 1. The molecule has 1 saturated heterocycles. The van der Waals surface area contributed by atoms with Crippen LogP contribution in [0.3, 0.4) is 0 Å². The van der Waals surface area contributed by atoms with E-state index in [1.807, 2.05) is 11.6 Å². The smallest absolute Gasteiger partial charge is 0.421 e. The molecule has 1 aliphatic heterocycles. The number of hydrogen-bond donors (Lipinski definition) is 2. The second kappa shape index (κ2) is 5.65. The van der Waals surface area contributed by atoms with Crippen LogP contribution in [0.2, 0.25) is 0 Å². The van der Waals surface area contributed by atoms with Gasteiger partial charge in [-0.3, -0.25) is 0 Å². The molecule has 1 aliphatic rings. The number of nitrogens with zero attached hydrogens (tertiary/aromatic N) is 1. The standard InChI is InChI=1S/C9H19N3O4S/c1-7-4-3-5-12(8(7)6-10)17(14,15)11-9(13)16-2/h7-8H,3-6,10H2,1-2H3,(H,11,13). The number of nitrogens with one attached hydrogen (secondary N) is 1. The van der Waals surface area contributed by atoms with Gasteiger partial charge in [-0.25, -0.2) is 9.52 Å². The van der Waals surface area contributed by atoms with Crippen molar-refractivity contribution < 1.29 is 17.9 Å². The zero-order chi connectivity index (χ0) is 13.1. The van der Waals surface area contributed by atoms with Crippen LogP contribution in [0.25, 0.3) is 0 Å². The van der Waals surface area contributed by atoms with E-state index in [0.717, 1.165) is 20.0 Å². The maximum atomic E-state index is 11.9. The molecule has 1 amide bonds. The summed E-state index contributed by atoms with van der Waals surface area (Å²) >= 11 is 0. The molecule has 0 saturated carbocycles. The molecule has 1 rings (SSSR count). The van der Waals surface area contributed by atoms with Crippen LogP contribution >= 0.6 is 0 Å². The Hall–Kier alpha value is -0.860. The third-order valence-electron chi connectivity index (χ3n) is 3.01. The second-order valence-electron chi connectivity index (χ2n) is 4.13. The van der Waals surface area contributed by atoms with Crippen molar-refractivity contribution in [2.24, 2.45) is 11.7 Å². The Labute approximate surface area is 101 Å². The summed E-state index contributed by atoms with van der Waals surface area (Å²) in [6.45, 7) is 2.57. The summed E-state index contributed by atoms with van der Waals surface area (Å²) in [5, 5.41) is 0. The van der Waals surface area contributed by atoms with Crippen molar-refractivity contribution in [1.29, 1.82) is 0 Å². The van der Waals surface area contributed by atoms with Crippen molar-refractivity contribution in [3.05, 3.63) is 0 Å². The van der Waals surface area contributed by atoms with Gasteiger partial charge in [0, 0.05) is 19.1 Å². The number of carbonyl (C=O) groups excluding carboxylic acids is 1. The van der Waals surface area contributed by atoms with Gasteiger partial charge in [0.15, 0.2) is 0 Å². The van der Waals surface area contributed by atoms with Crippen LogP contribution in [0.1, 0.15) is 19.8 Å². The van der Waals surface area contributed by atoms with E-state index >= 15 is 0 Å². The van der Waals surface area contributed by atoms with Crippen LogP contribution in [-0.4, -0.2) is 45.1 Å². The summed E-state index contributed by atoms with van der Waals surface area (Å²) in [4.78, 5) is 11.0. The summed E-state index contributed by atoms with van der Waals surface area (Å²) in [6.07, 6.45) is 0.713. The molecule has 0 aromatic rings. The Morgan fingerprint density at radius 3 is 2.76 bits per heavy atom. The third kappa shape index (κ3) is 3.30. The monoisotopic (exact) mass is 265 g/mol. The number of amides is 1. The van der Waals surface area contributed by atoms with E-state index in [1.165, 1.54) is 4.31 Å². The first kappa shape index (κ1) is 14.2. The number of ether oxygens (including phenoxy) is 1. The SMILES string of the molecule is COC(=O)NS(=O)(=O)N1CCCC(C)C1CN. The fraction of sp³-hybridized carbons (Fsp3) is 0.889. The lowest BCUT2D eigenvalue weighted by atomic mass is 9.93. The normalized spacial score (nSPS) is 26.5. The van der Waals surface area contributed by atoms with E-state index in [9.17, 15) is 13.2 Å². The predicted octanol–water partition coefficient (Wildman–Crippen LogP) is -0.354. The molecule has 8 heteroatoms. The van der Waals surface area contributed by atoms with E-state index < -0.39 is 16.3 Å². The zero-order valence-corrected chi connectivity index (χ0v) is 10.9. The number of piperidine rings is 1. The Balaban J connectivity index is 2.85. The maximum absolute atomic E-state index is 11.9. The zero-order valence-electron chi connectivity index (χ0n) is 10.0. The van der Waals surface area contributed by atoms with Crippen LogP contribution < -0.4 is 10.5 Å². The first-order valence-electron chi connectivity index (χ1n) is 5.50. The van der Waals surface area contributed by atoms with Crippen LogP contribution in [0.5, 0.6) is 0 Å². The third-order valence-corrected chi connectivity index (χ3v) is 4.51. The molecule has 1 fully saturated rings. The summed E-state index contributed by atoms with van der Waals surface area (Å²) in [5.41, 5.74) is 5.59. The fourth-order valence-corrected chi connectivity index (χ4v) is 3.50. The average molecular weight is 265 g/mol. The van der Waals surface area contributed by atoms with Crippen LogP contribution in [0, 0.1) is 5.92 Å². The first-order chi connectivity index (χ1) is 7.92. The van der Waals surface area contributed by atoms with Crippen LogP contribution in [0.15, 0.2) is 0 Å². The average Bonchev–Trinajstić information content (AvgIpc) is 2.28. The molecule has 3 N–H and O–H groups in total. The van der Waals surface area contributed by atoms with Crippen molar-refractivity contribution in [1.82, 2.24) is 9.03 Å². The number of carbonyl (C=O) groups is 1. The molecule has 0 aliphatic carbocycles. The highest BCUT2D eigenvalue weighted by Gasteiger charge is 2.36. The van der Waals surface area contributed by atoms with Gasteiger partial charge >= 0.3 is 16.3 Å². The van der Waals surface area contributed by atoms with Crippen LogP contribution in [0.4, 0.5) is 4.79 Å². The van der Waals surface area contributed by atoms with Gasteiger partial charge in [0.05, 0.1) is 7.11 Å². The molecule has 2 atom stereocenters. The van der Waals surface area contributed by atoms with Gasteiger partial charge in [-0.15, -0.1) is 0 Å². The van der Waals surface area contributed by atoms with Crippen molar-refractivity contribution in [2.75, 3.05) is 20.2 Å². The Morgan fingerprint density at radius 2 is 2.24 bits per heavy atom. The number of hydrogen-bond acceptors (Lipinski definition) is 5. The number of nitrogens with two attached hydrogens (primary N) is 1. The predicted molar refractivity (Wildman–Crippen MR) is 62.4 cm³/mol. The van der Waals surface area contributed by atoms with Gasteiger partial charge < -0.3 is 10.5 Å². The molecule has 0 radical (unpaired) electrons. The first-order valence-corrected chi connectivity index (χ1v) is 6.94. The molecular formula is C9H19N3O4S. The highest BCUT2D eigenvalue weighted by atomic mass is 32.2. The minimum Gasteiger partial charge on any atom is -0.452 e. The lowest BCUT2D eigenvalue weighted by Crippen LogP contribution is -2.55. The summed E-state index contributed by atoms with van der Waals surface area (Å²) < 4.78 is 31.2. The highest BCUT2D eigenvalue weighted by molar-refractivity contribution is 7.87. The minimum atomic E-state index is -3.86. The van der Waals surface area contributed by atoms with Gasteiger partial charge in [0.2, 0.25) is 0 Å². The maximum Gasteiger partial charge on any atom is 0.421 e. The van der Waals surface area contributed by atoms with Gasteiger partial charge in [-0.1, -0.05) is 6.92 Å². The molecule has 100 valence electrons. The molecular weight excluding hydrogens is 246 g/mol. The molecule has 0 aromatic carbocycles. The fourth-order valence-electron chi connectivity index (χ4n) is 2.07. The summed E-state index contributed by atoms with van der Waals surface area (Å²) in [6, 6.07) is -0.272. The lowest BCUT2D eigenvalue weighted by molar-refractivity contribution is 0.170. The molecule has 1 heterocycles. The molecule has 2 unspecified atom stereocenters. The Morgan fingerprint density at radius 1 is 1.59 bits per heavy atom. The van der Waals surface area contributed by atoms with Crippen molar-refractivity contribution in [2.45, 2.75) is 25.8 Å². The van der Waals surface area contributed by atoms with Gasteiger partial charge in [-0.05, 0) is 18.8 Å². The van der Waals surface area contributed by atoms with Crippen LogP contribution in [-0.2, 0) is 14.9 Å². The van der Waals surface area contributed by atoms with E-state index in [0.29, 0.717) is 6.54 Å². The number of rotatable bonds is 3. The Kier molecular flexibility index (Phi) is 4.72. The summed E-state index contributed by atoms with van der Waals surface area (Å²) in [7, 11) is -2.74. The Bertz CT molecular complexity index is 370. The molecule has 7 nitrogen and oxygen atoms in total.